The number of aromatic nitrogens is 2. The first-order valence-corrected chi connectivity index (χ1v) is 11.9. The minimum absolute atomic E-state index is 0.196. The van der Waals surface area contributed by atoms with E-state index in [1.807, 2.05) is 37.3 Å². The molecule has 168 valence electrons. The molecule has 1 fully saturated rings. The number of nitrogens with zero attached hydrogens (tertiary/aromatic N) is 3. The molecule has 3 heterocycles. The number of benzene rings is 2. The van der Waals surface area contributed by atoms with Crippen molar-refractivity contribution >= 4 is 46.1 Å². The molecule has 0 bridgehead atoms. The Labute approximate surface area is 203 Å². The lowest BCUT2D eigenvalue weighted by Gasteiger charge is -2.19. The Bertz CT molecular complexity index is 1300. The third-order valence-electron chi connectivity index (χ3n) is 6.22. The molecule has 7 heteroatoms. The van der Waals surface area contributed by atoms with Gasteiger partial charge in [-0.25, -0.2) is 4.98 Å². The number of nitrogens with one attached hydrogen (secondary N) is 1. The van der Waals surface area contributed by atoms with Crippen molar-refractivity contribution in [1.29, 1.82) is 0 Å². The van der Waals surface area contributed by atoms with Crippen LogP contribution in [-0.4, -0.2) is 28.4 Å². The highest BCUT2D eigenvalue weighted by Crippen LogP contribution is 2.32. The monoisotopic (exact) mass is 478 g/mol. The predicted molar refractivity (Wildman–Crippen MR) is 135 cm³/mol. The average Bonchev–Trinajstić information content (AvgIpc) is 3.45. The summed E-state index contributed by atoms with van der Waals surface area (Å²) >= 11 is 12.2. The van der Waals surface area contributed by atoms with E-state index in [-0.39, 0.29) is 5.91 Å². The molecule has 1 aliphatic rings. The molecule has 33 heavy (non-hydrogen) atoms. The molecule has 2 aromatic carbocycles. The summed E-state index contributed by atoms with van der Waals surface area (Å²) in [5, 5.41) is 4.34. The quantitative estimate of drug-likeness (QED) is 0.358. The number of hydrogen-bond donors (Lipinski definition) is 1. The smallest absolute Gasteiger partial charge is 0.274 e. The van der Waals surface area contributed by atoms with E-state index in [0.717, 1.165) is 41.6 Å². The molecule has 1 unspecified atom stereocenters. The first kappa shape index (κ1) is 21.8. The van der Waals surface area contributed by atoms with Crippen LogP contribution in [0.4, 0.5) is 11.4 Å². The Morgan fingerprint density at radius 3 is 2.48 bits per heavy atom. The Morgan fingerprint density at radius 2 is 1.76 bits per heavy atom. The molecule has 2 aromatic heterocycles. The Morgan fingerprint density at radius 1 is 1.03 bits per heavy atom. The molecule has 0 aliphatic carbocycles. The maximum Gasteiger partial charge on any atom is 0.274 e. The molecule has 0 radical (unpaired) electrons. The number of carbonyl (C=O) groups excluding carboxylic acids is 1. The molecule has 0 spiro atoms. The van der Waals surface area contributed by atoms with E-state index in [1.54, 1.807) is 16.7 Å². The van der Waals surface area contributed by atoms with Gasteiger partial charge in [-0.1, -0.05) is 42.3 Å². The minimum atomic E-state index is -0.196. The molecule has 4 aromatic rings. The van der Waals surface area contributed by atoms with E-state index in [1.165, 1.54) is 5.56 Å². The van der Waals surface area contributed by atoms with Crippen molar-refractivity contribution in [3.63, 3.8) is 0 Å². The molecular weight excluding hydrogens is 455 g/mol. The first-order valence-electron chi connectivity index (χ1n) is 11.1. The fourth-order valence-corrected chi connectivity index (χ4v) is 4.79. The number of imidazole rings is 1. The van der Waals surface area contributed by atoms with E-state index in [9.17, 15) is 4.79 Å². The number of fused-ring (bicyclic) bond motifs is 1. The highest BCUT2D eigenvalue weighted by Gasteiger charge is 2.24. The average molecular weight is 479 g/mol. The van der Waals surface area contributed by atoms with Crippen molar-refractivity contribution < 1.29 is 4.79 Å². The third-order valence-corrected chi connectivity index (χ3v) is 6.70. The maximum atomic E-state index is 13.1. The van der Waals surface area contributed by atoms with Crippen LogP contribution >= 0.6 is 23.2 Å². The Balaban J connectivity index is 1.30. The molecule has 1 saturated heterocycles. The van der Waals surface area contributed by atoms with Crippen molar-refractivity contribution in [2.75, 3.05) is 23.3 Å². The van der Waals surface area contributed by atoms with Crippen LogP contribution < -0.4 is 10.2 Å². The first-order chi connectivity index (χ1) is 16.0. The summed E-state index contributed by atoms with van der Waals surface area (Å²) in [4.78, 5) is 20.1. The topological polar surface area (TPSA) is 49.6 Å². The molecule has 1 amide bonds. The van der Waals surface area contributed by atoms with Gasteiger partial charge in [0.2, 0.25) is 0 Å². The second kappa shape index (κ2) is 9.08. The van der Waals surface area contributed by atoms with Crippen LogP contribution in [0.3, 0.4) is 0 Å². The van der Waals surface area contributed by atoms with Gasteiger partial charge in [0.05, 0.1) is 10.7 Å². The zero-order valence-corrected chi connectivity index (χ0v) is 19.8. The number of halogens is 2. The lowest BCUT2D eigenvalue weighted by Crippen LogP contribution is -2.19. The second-order valence-electron chi connectivity index (χ2n) is 8.32. The van der Waals surface area contributed by atoms with Gasteiger partial charge in [0.15, 0.2) is 0 Å². The highest BCUT2D eigenvalue weighted by molar-refractivity contribution is 6.30. The van der Waals surface area contributed by atoms with Crippen LogP contribution in [0.5, 0.6) is 0 Å². The number of aryl methyl sites for hydroxylation is 1. The van der Waals surface area contributed by atoms with Crippen LogP contribution in [0.15, 0.2) is 66.9 Å². The zero-order chi connectivity index (χ0) is 22.9. The summed E-state index contributed by atoms with van der Waals surface area (Å²) in [5.74, 6) is 0.300. The number of amides is 1. The highest BCUT2D eigenvalue weighted by atomic mass is 35.5. The molecule has 0 saturated carbocycles. The second-order valence-corrected chi connectivity index (χ2v) is 9.19. The summed E-state index contributed by atoms with van der Waals surface area (Å²) in [6.07, 6.45) is 3.49. The van der Waals surface area contributed by atoms with E-state index in [4.69, 9.17) is 23.2 Å². The van der Waals surface area contributed by atoms with Gasteiger partial charge < -0.3 is 10.2 Å². The summed E-state index contributed by atoms with van der Waals surface area (Å²) in [5.41, 5.74) is 5.20. The van der Waals surface area contributed by atoms with Crippen molar-refractivity contribution in [2.45, 2.75) is 25.7 Å². The SMILES string of the molecule is CCc1nc2ccc(Cl)cn2c1C(=O)Nc1ccc(N2CCC(c3ccc(Cl)cc3)C2)cc1. The van der Waals surface area contributed by atoms with Crippen LogP contribution in [0.2, 0.25) is 10.0 Å². The Hall–Kier alpha value is -3.02. The summed E-state index contributed by atoms with van der Waals surface area (Å²) in [6, 6.07) is 19.8. The van der Waals surface area contributed by atoms with E-state index in [0.29, 0.717) is 28.7 Å². The number of carbonyl (C=O) groups is 1. The van der Waals surface area contributed by atoms with Crippen molar-refractivity contribution in [3.05, 3.63) is 93.9 Å². The van der Waals surface area contributed by atoms with Crippen LogP contribution in [-0.2, 0) is 6.42 Å². The standard InChI is InChI=1S/C26H24Cl2N4O/c1-2-23-25(32-16-20(28)7-12-24(32)30-23)26(33)29-21-8-10-22(11-9-21)31-14-13-18(15-31)17-3-5-19(27)6-4-17/h3-12,16,18H,2,13-15H2,1H3,(H,29,33). The maximum absolute atomic E-state index is 13.1. The van der Waals surface area contributed by atoms with Crippen LogP contribution in [0.25, 0.3) is 5.65 Å². The third kappa shape index (κ3) is 4.43. The van der Waals surface area contributed by atoms with Gasteiger partial charge in [-0.2, -0.15) is 0 Å². The van der Waals surface area contributed by atoms with Gasteiger partial charge in [0.1, 0.15) is 11.3 Å². The molecule has 5 nitrogen and oxygen atoms in total. The van der Waals surface area contributed by atoms with Crippen molar-refractivity contribution in [2.24, 2.45) is 0 Å². The fourth-order valence-electron chi connectivity index (χ4n) is 4.50. The van der Waals surface area contributed by atoms with Gasteiger partial charge in [0, 0.05) is 41.6 Å². The lowest BCUT2D eigenvalue weighted by molar-refractivity contribution is 0.102. The van der Waals surface area contributed by atoms with E-state index in [2.05, 4.69) is 39.5 Å². The minimum Gasteiger partial charge on any atom is -0.371 e. The fraction of sp³-hybridized carbons (Fsp3) is 0.231. The number of pyridine rings is 1. The van der Waals surface area contributed by atoms with Crippen molar-refractivity contribution in [1.82, 2.24) is 9.38 Å². The molecule has 1 atom stereocenters. The zero-order valence-electron chi connectivity index (χ0n) is 18.3. The number of anilines is 2. The molecule has 1 aliphatic heterocycles. The predicted octanol–water partition coefficient (Wildman–Crippen LogP) is 6.45. The van der Waals surface area contributed by atoms with E-state index >= 15 is 0 Å². The summed E-state index contributed by atoms with van der Waals surface area (Å²) < 4.78 is 1.76. The van der Waals surface area contributed by atoms with Gasteiger partial charge in [-0.3, -0.25) is 9.20 Å². The largest absolute Gasteiger partial charge is 0.371 e. The van der Waals surface area contributed by atoms with Crippen LogP contribution in [0.1, 0.15) is 41.0 Å². The lowest BCUT2D eigenvalue weighted by atomic mass is 9.99. The van der Waals surface area contributed by atoms with Gasteiger partial charge >= 0.3 is 0 Å². The molecule has 1 N–H and O–H groups in total. The van der Waals surface area contributed by atoms with Crippen LogP contribution in [0, 0.1) is 0 Å². The number of rotatable bonds is 5. The van der Waals surface area contributed by atoms with Gasteiger partial charge in [-0.15, -0.1) is 0 Å². The Kier molecular flexibility index (Phi) is 6.00. The normalized spacial score (nSPS) is 15.8. The summed E-state index contributed by atoms with van der Waals surface area (Å²) in [7, 11) is 0. The van der Waals surface area contributed by atoms with E-state index < -0.39 is 0 Å². The number of hydrogen-bond acceptors (Lipinski definition) is 3. The van der Waals surface area contributed by atoms with Gasteiger partial charge in [-0.05, 0) is 66.9 Å². The summed E-state index contributed by atoms with van der Waals surface area (Å²) in [6.45, 7) is 3.96. The van der Waals surface area contributed by atoms with Gasteiger partial charge in [0.25, 0.3) is 5.91 Å². The molecule has 5 rings (SSSR count). The molecular formula is C26H24Cl2N4O. The van der Waals surface area contributed by atoms with Crippen molar-refractivity contribution in [3.8, 4) is 0 Å².